The minimum atomic E-state index is -3.69. The lowest BCUT2D eigenvalue weighted by atomic mass is 10.1. The van der Waals surface area contributed by atoms with Gasteiger partial charge in [-0.15, -0.1) is 0 Å². The third-order valence-corrected chi connectivity index (χ3v) is 5.07. The minimum absolute atomic E-state index is 0.0206. The van der Waals surface area contributed by atoms with Gasteiger partial charge in [-0.1, -0.05) is 0 Å². The molecule has 1 saturated heterocycles. The number of carbonyl (C=O) groups is 1. The number of nitrogens with one attached hydrogen (secondary N) is 2. The normalized spacial score (nSPS) is 16.3. The summed E-state index contributed by atoms with van der Waals surface area (Å²) in [6.07, 6.45) is 1.47. The number of hydrogen-bond acceptors (Lipinski definition) is 6. The first-order valence-electron chi connectivity index (χ1n) is 6.97. The van der Waals surface area contributed by atoms with Crippen molar-refractivity contribution >= 4 is 16.0 Å². The van der Waals surface area contributed by atoms with Gasteiger partial charge < -0.3 is 14.8 Å². The van der Waals surface area contributed by atoms with Gasteiger partial charge in [0.15, 0.2) is 0 Å². The monoisotopic (exact) mass is 328 g/mol. The van der Waals surface area contributed by atoms with E-state index in [-0.39, 0.29) is 22.3 Å². The molecule has 0 atom stereocenters. The van der Waals surface area contributed by atoms with Crippen molar-refractivity contribution in [2.75, 3.05) is 27.3 Å². The van der Waals surface area contributed by atoms with Crippen LogP contribution in [0.25, 0.3) is 0 Å². The molecule has 0 saturated carbocycles. The van der Waals surface area contributed by atoms with Gasteiger partial charge >= 0.3 is 5.97 Å². The summed E-state index contributed by atoms with van der Waals surface area (Å²) >= 11 is 0. The summed E-state index contributed by atoms with van der Waals surface area (Å²) in [5, 5.41) is 3.17. The predicted molar refractivity (Wildman–Crippen MR) is 80.5 cm³/mol. The van der Waals surface area contributed by atoms with Crippen molar-refractivity contribution in [2.24, 2.45) is 0 Å². The Balaban J connectivity index is 2.28. The lowest BCUT2D eigenvalue weighted by molar-refractivity contribution is 0.0597. The van der Waals surface area contributed by atoms with E-state index in [1.807, 2.05) is 0 Å². The van der Waals surface area contributed by atoms with Crippen molar-refractivity contribution in [3.63, 3.8) is 0 Å². The molecule has 0 spiro atoms. The highest BCUT2D eigenvalue weighted by atomic mass is 32.2. The molecule has 2 rings (SSSR count). The summed E-state index contributed by atoms with van der Waals surface area (Å²) in [5.74, 6) is -0.372. The van der Waals surface area contributed by atoms with Crippen LogP contribution < -0.4 is 14.8 Å². The second-order valence-electron chi connectivity index (χ2n) is 5.00. The molecule has 22 heavy (non-hydrogen) atoms. The van der Waals surface area contributed by atoms with E-state index in [0.717, 1.165) is 25.9 Å². The van der Waals surface area contributed by atoms with Crippen molar-refractivity contribution in [2.45, 2.75) is 23.8 Å². The summed E-state index contributed by atoms with van der Waals surface area (Å²) < 4.78 is 37.3. The van der Waals surface area contributed by atoms with Crippen LogP contribution >= 0.6 is 0 Å². The van der Waals surface area contributed by atoms with Crippen LogP contribution in [0.3, 0.4) is 0 Å². The number of hydrogen-bond donors (Lipinski definition) is 2. The topological polar surface area (TPSA) is 93.7 Å². The van der Waals surface area contributed by atoms with Gasteiger partial charge in [0, 0.05) is 6.04 Å². The Bertz CT molecular complexity index is 639. The van der Waals surface area contributed by atoms with E-state index in [1.54, 1.807) is 0 Å². The van der Waals surface area contributed by atoms with Gasteiger partial charge in [-0.2, -0.15) is 0 Å². The molecule has 0 aliphatic carbocycles. The predicted octanol–water partition coefficient (Wildman–Crippen LogP) is 0.512. The van der Waals surface area contributed by atoms with Crippen LogP contribution in [0.1, 0.15) is 23.2 Å². The molecule has 1 aliphatic rings. The molecule has 1 heterocycles. The van der Waals surface area contributed by atoms with Crippen LogP contribution in [0.2, 0.25) is 0 Å². The van der Waals surface area contributed by atoms with E-state index >= 15 is 0 Å². The Kier molecular flexibility index (Phi) is 5.38. The number of rotatable bonds is 5. The smallest absolute Gasteiger partial charge is 0.341 e. The highest BCUT2D eigenvalue weighted by molar-refractivity contribution is 7.89. The Labute approximate surface area is 130 Å². The summed E-state index contributed by atoms with van der Waals surface area (Å²) in [4.78, 5) is 11.8. The summed E-state index contributed by atoms with van der Waals surface area (Å²) in [6, 6.07) is 4.03. The second kappa shape index (κ2) is 7.08. The summed E-state index contributed by atoms with van der Waals surface area (Å²) in [6.45, 7) is 1.56. The zero-order valence-electron chi connectivity index (χ0n) is 12.6. The van der Waals surface area contributed by atoms with E-state index in [9.17, 15) is 13.2 Å². The van der Waals surface area contributed by atoms with Gasteiger partial charge in [-0.25, -0.2) is 17.9 Å². The Morgan fingerprint density at radius 3 is 2.55 bits per heavy atom. The molecule has 1 aliphatic heterocycles. The zero-order valence-corrected chi connectivity index (χ0v) is 13.4. The van der Waals surface area contributed by atoms with Gasteiger partial charge in [0.1, 0.15) is 11.3 Å². The lowest BCUT2D eigenvalue weighted by Gasteiger charge is -2.23. The van der Waals surface area contributed by atoms with Gasteiger partial charge in [0.05, 0.1) is 19.1 Å². The Hall–Kier alpha value is -1.64. The molecule has 0 bridgehead atoms. The molecule has 1 aromatic carbocycles. The first kappa shape index (κ1) is 16.7. The number of benzene rings is 1. The molecule has 1 aromatic rings. The molecule has 0 unspecified atom stereocenters. The number of sulfonamides is 1. The third-order valence-electron chi connectivity index (χ3n) is 3.55. The summed E-state index contributed by atoms with van der Waals surface area (Å²) in [5.41, 5.74) is 0.0817. The average molecular weight is 328 g/mol. The number of esters is 1. The molecule has 0 amide bonds. The maximum atomic E-state index is 12.4. The minimum Gasteiger partial charge on any atom is -0.496 e. The SMILES string of the molecule is COC(=O)c1cc(S(=O)(=O)NC2CCNCC2)ccc1OC. The molecule has 2 N–H and O–H groups in total. The largest absolute Gasteiger partial charge is 0.496 e. The van der Waals surface area contributed by atoms with E-state index < -0.39 is 16.0 Å². The highest BCUT2D eigenvalue weighted by Gasteiger charge is 2.24. The van der Waals surface area contributed by atoms with E-state index in [4.69, 9.17) is 4.74 Å². The van der Waals surface area contributed by atoms with E-state index in [0.29, 0.717) is 0 Å². The number of piperidine rings is 1. The fourth-order valence-electron chi connectivity index (χ4n) is 2.35. The van der Waals surface area contributed by atoms with Crippen molar-refractivity contribution < 1.29 is 22.7 Å². The summed E-state index contributed by atoms with van der Waals surface area (Å²) in [7, 11) is -1.05. The van der Waals surface area contributed by atoms with Gasteiger partial charge in [0.25, 0.3) is 0 Å². The molecule has 122 valence electrons. The van der Waals surface area contributed by atoms with E-state index in [2.05, 4.69) is 14.8 Å². The molecule has 0 aromatic heterocycles. The number of carbonyl (C=O) groups excluding carboxylic acids is 1. The van der Waals surface area contributed by atoms with Gasteiger partial charge in [0.2, 0.25) is 10.0 Å². The molecule has 0 radical (unpaired) electrons. The van der Waals surface area contributed by atoms with Crippen molar-refractivity contribution in [3.05, 3.63) is 23.8 Å². The fourth-order valence-corrected chi connectivity index (χ4v) is 3.68. The van der Waals surface area contributed by atoms with Crippen molar-refractivity contribution in [1.82, 2.24) is 10.0 Å². The molecular formula is C14H20N2O5S. The molecular weight excluding hydrogens is 308 g/mol. The molecule has 7 nitrogen and oxygen atoms in total. The van der Waals surface area contributed by atoms with Crippen molar-refractivity contribution in [1.29, 1.82) is 0 Å². The number of ether oxygens (including phenoxy) is 2. The highest BCUT2D eigenvalue weighted by Crippen LogP contribution is 2.23. The first-order valence-corrected chi connectivity index (χ1v) is 8.45. The Morgan fingerprint density at radius 1 is 1.27 bits per heavy atom. The zero-order chi connectivity index (χ0) is 16.2. The third kappa shape index (κ3) is 3.76. The van der Waals surface area contributed by atoms with E-state index in [1.165, 1.54) is 32.4 Å². The second-order valence-corrected chi connectivity index (χ2v) is 6.71. The number of methoxy groups -OCH3 is 2. The average Bonchev–Trinajstić information content (AvgIpc) is 2.54. The van der Waals surface area contributed by atoms with Crippen molar-refractivity contribution in [3.8, 4) is 5.75 Å². The maximum absolute atomic E-state index is 12.4. The Morgan fingerprint density at radius 2 is 1.95 bits per heavy atom. The molecule has 8 heteroatoms. The van der Waals surface area contributed by atoms with Crippen LogP contribution in [-0.4, -0.2) is 47.7 Å². The van der Waals surface area contributed by atoms with Crippen LogP contribution in [0.15, 0.2) is 23.1 Å². The maximum Gasteiger partial charge on any atom is 0.341 e. The van der Waals surface area contributed by atoms with Crippen LogP contribution in [0.4, 0.5) is 0 Å². The van der Waals surface area contributed by atoms with Gasteiger partial charge in [-0.3, -0.25) is 0 Å². The first-order chi connectivity index (χ1) is 10.5. The van der Waals surface area contributed by atoms with Crippen LogP contribution in [0, 0.1) is 0 Å². The lowest BCUT2D eigenvalue weighted by Crippen LogP contribution is -2.42. The standard InChI is InChI=1S/C14H20N2O5S/c1-20-13-4-3-11(9-12(13)14(17)21-2)22(18,19)16-10-5-7-15-8-6-10/h3-4,9-10,15-16H,5-8H2,1-2H3. The fraction of sp³-hybridized carbons (Fsp3) is 0.500. The molecule has 1 fully saturated rings. The van der Waals surface area contributed by atoms with Crippen LogP contribution in [0.5, 0.6) is 5.75 Å². The van der Waals surface area contributed by atoms with Gasteiger partial charge in [-0.05, 0) is 44.1 Å². The van der Waals surface area contributed by atoms with Crippen LogP contribution in [-0.2, 0) is 14.8 Å². The quantitative estimate of drug-likeness (QED) is 0.765.